The van der Waals surface area contributed by atoms with E-state index in [1.807, 2.05) is 47.0 Å². The number of hydrogen-bond donors (Lipinski definition) is 0. The summed E-state index contributed by atoms with van der Waals surface area (Å²) in [5, 5.41) is 3.24. The molecule has 0 amide bonds. The average Bonchev–Trinajstić information content (AvgIpc) is 3.87. The van der Waals surface area contributed by atoms with Crippen molar-refractivity contribution in [2.24, 2.45) is 0 Å². The van der Waals surface area contributed by atoms with Crippen LogP contribution < -0.4 is 38.2 Å². The van der Waals surface area contributed by atoms with Gasteiger partial charge in [-0.3, -0.25) is 0 Å². The first-order valence-corrected chi connectivity index (χ1v) is 20.7. The van der Waals surface area contributed by atoms with Gasteiger partial charge in [0.25, 0.3) is 0 Å². The lowest BCUT2D eigenvalue weighted by Gasteiger charge is -2.19. The Balaban J connectivity index is 1.21. The number of fused-ring (bicyclic) bond motifs is 6. The van der Waals surface area contributed by atoms with Gasteiger partial charge < -0.3 is 9.13 Å². The Labute approximate surface area is 375 Å². The zero-order valence-corrected chi connectivity index (χ0v) is 34.2. The van der Waals surface area contributed by atoms with Crippen molar-refractivity contribution in [3.05, 3.63) is 176 Å². The highest BCUT2D eigenvalue weighted by Crippen LogP contribution is 2.41. The highest BCUT2D eigenvalue weighted by molar-refractivity contribution is 6.69. The molecule has 0 saturated carbocycles. The molecule has 0 bridgehead atoms. The zero-order valence-electron chi connectivity index (χ0n) is 34.2. The molecule has 0 saturated heterocycles. The Morgan fingerprint density at radius 3 is 1.38 bits per heavy atom. The molecule has 9 aromatic carbocycles. The molecule has 2 aromatic heterocycles. The fourth-order valence-electron chi connectivity index (χ4n) is 9.53. The van der Waals surface area contributed by atoms with Crippen molar-refractivity contribution in [3.8, 4) is 55.9 Å². The number of hydrogen-bond acceptors (Lipinski definition) is 0. The summed E-state index contributed by atoms with van der Waals surface area (Å²) < 4.78 is 4.28. The highest BCUT2D eigenvalue weighted by atomic mass is 15.0. The highest BCUT2D eigenvalue weighted by Gasteiger charge is 2.25. The second-order valence-electron chi connectivity index (χ2n) is 16.0. The molecule has 0 aliphatic heterocycles. The molecule has 276 valence electrons. The molecular formula is C54H29B7N2. The summed E-state index contributed by atoms with van der Waals surface area (Å²) in [4.78, 5) is 0. The predicted molar refractivity (Wildman–Crippen MR) is 275 cm³/mol. The van der Waals surface area contributed by atoms with E-state index in [4.69, 9.17) is 54.9 Å². The van der Waals surface area contributed by atoms with Crippen LogP contribution in [-0.4, -0.2) is 64.1 Å². The molecule has 0 aliphatic rings. The fourth-order valence-corrected chi connectivity index (χ4v) is 9.53. The van der Waals surface area contributed by atoms with Gasteiger partial charge in [0.05, 0.1) is 11.0 Å². The van der Waals surface area contributed by atoms with E-state index in [0.29, 0.717) is 43.8 Å². The summed E-state index contributed by atoms with van der Waals surface area (Å²) in [5.74, 6) is 0. The number of nitrogens with zero attached hydrogens (tertiary/aromatic N) is 2. The second kappa shape index (κ2) is 15.1. The van der Waals surface area contributed by atoms with Gasteiger partial charge in [-0.15, -0.1) is 10.9 Å². The SMILES string of the molecule is [B]c1c([B])c([B])c2c(c1[B])c1c([B])c(-c3ccc4c(c3)c3c(-c5ccccc5)cccc3n4-c3cccc(-c4ccccc4)c3)c([B])c([B])c1n2-c1cccc(-c2ccccc2)c1. The van der Waals surface area contributed by atoms with Gasteiger partial charge in [0.15, 0.2) is 0 Å². The maximum atomic E-state index is 7.43. The molecule has 2 nitrogen and oxygen atoms in total. The smallest absolute Gasteiger partial charge is 0.115 e. The van der Waals surface area contributed by atoms with E-state index in [0.717, 1.165) is 72.1 Å². The molecule has 2 heterocycles. The Bertz CT molecular complexity index is 3630. The molecule has 14 radical (unpaired) electrons. The molecule has 11 aromatic rings. The van der Waals surface area contributed by atoms with Crippen LogP contribution in [0.15, 0.2) is 176 Å². The minimum Gasteiger partial charge on any atom is -0.311 e. The van der Waals surface area contributed by atoms with Crippen LogP contribution in [0.3, 0.4) is 0 Å². The third kappa shape index (κ3) is 6.04. The van der Waals surface area contributed by atoms with Crippen LogP contribution in [0.25, 0.3) is 99.5 Å². The third-order valence-electron chi connectivity index (χ3n) is 12.5. The minimum atomic E-state index is 0.174. The molecule has 63 heavy (non-hydrogen) atoms. The number of benzene rings is 9. The largest absolute Gasteiger partial charge is 0.311 e. The summed E-state index contributed by atoms with van der Waals surface area (Å²) in [6, 6.07) is 60.5. The normalized spacial score (nSPS) is 11.6. The topological polar surface area (TPSA) is 9.86 Å². The van der Waals surface area contributed by atoms with Gasteiger partial charge in [-0.1, -0.05) is 161 Å². The quantitative estimate of drug-likeness (QED) is 0.181. The van der Waals surface area contributed by atoms with Crippen LogP contribution in [0.4, 0.5) is 0 Å². The van der Waals surface area contributed by atoms with Crippen molar-refractivity contribution < 1.29 is 0 Å². The molecule has 0 spiro atoms. The monoisotopic (exact) mass is 782 g/mol. The molecule has 0 fully saturated rings. The predicted octanol–water partition coefficient (Wildman–Crippen LogP) is 6.11. The number of aromatic nitrogens is 2. The van der Waals surface area contributed by atoms with Gasteiger partial charge in [-0.2, -0.15) is 0 Å². The Hall–Kier alpha value is -6.97. The summed E-state index contributed by atoms with van der Waals surface area (Å²) in [6.07, 6.45) is 0. The lowest BCUT2D eigenvalue weighted by Crippen LogP contribution is -2.48. The standard InChI is InChI=1S/C54H29B7N2/c55-46-42(47(56)51(60)53-44(46)45-48(57)49(58)50(59)52(61)54(45)63(53)37-22-11-20-34(28-37)31-15-6-2-7-16-31)35-25-26-40-39(29-35)43-38(32-17-8-3-9-18-32)23-12-24-41(43)62(40)36-21-10-19-33(27-36)30-13-4-1-5-14-30/h1-29H. The molecule has 0 unspecified atom stereocenters. The van der Waals surface area contributed by atoms with Crippen LogP contribution in [0, 0.1) is 0 Å². The van der Waals surface area contributed by atoms with Crippen molar-refractivity contribution in [1.29, 1.82) is 0 Å². The first-order chi connectivity index (χ1) is 30.7. The van der Waals surface area contributed by atoms with Crippen molar-refractivity contribution in [2.75, 3.05) is 0 Å². The summed E-state index contributed by atoms with van der Waals surface area (Å²) in [7, 11) is 48.9. The number of rotatable bonds is 6. The van der Waals surface area contributed by atoms with E-state index < -0.39 is 0 Å². The molecule has 9 heteroatoms. The van der Waals surface area contributed by atoms with Crippen LogP contribution in [0.1, 0.15) is 0 Å². The Morgan fingerprint density at radius 1 is 0.286 bits per heavy atom. The van der Waals surface area contributed by atoms with Crippen LogP contribution in [0.5, 0.6) is 0 Å². The van der Waals surface area contributed by atoms with Gasteiger partial charge >= 0.3 is 0 Å². The third-order valence-corrected chi connectivity index (χ3v) is 12.5. The first-order valence-electron chi connectivity index (χ1n) is 20.7. The molecule has 0 aliphatic carbocycles. The van der Waals surface area contributed by atoms with Crippen molar-refractivity contribution >= 4 is 137 Å². The average molecular weight is 782 g/mol. The maximum Gasteiger partial charge on any atom is 0.115 e. The minimum absolute atomic E-state index is 0.174. The van der Waals surface area contributed by atoms with Crippen LogP contribution >= 0.6 is 0 Å². The van der Waals surface area contributed by atoms with Crippen LogP contribution in [-0.2, 0) is 0 Å². The molecule has 11 rings (SSSR count). The van der Waals surface area contributed by atoms with E-state index >= 15 is 0 Å². The fraction of sp³-hybridized carbons (Fsp3) is 0. The van der Waals surface area contributed by atoms with E-state index in [2.05, 4.69) is 138 Å². The molecule has 0 N–H and O–H groups in total. The van der Waals surface area contributed by atoms with Crippen molar-refractivity contribution in [3.63, 3.8) is 0 Å². The van der Waals surface area contributed by atoms with E-state index in [9.17, 15) is 0 Å². The van der Waals surface area contributed by atoms with Gasteiger partial charge in [0.2, 0.25) is 0 Å². The van der Waals surface area contributed by atoms with Gasteiger partial charge in [-0.05, 0) is 92.4 Å². The summed E-state index contributed by atoms with van der Waals surface area (Å²) in [6.45, 7) is 0. The van der Waals surface area contributed by atoms with E-state index in [-0.39, 0.29) is 21.9 Å². The summed E-state index contributed by atoms with van der Waals surface area (Å²) in [5.41, 5.74) is 14.7. The first kappa shape index (κ1) is 38.9. The van der Waals surface area contributed by atoms with Gasteiger partial charge in [-0.25, -0.2) is 0 Å². The Kier molecular flexibility index (Phi) is 9.35. The zero-order chi connectivity index (χ0) is 43.1. The van der Waals surface area contributed by atoms with E-state index in [1.54, 1.807) is 0 Å². The van der Waals surface area contributed by atoms with E-state index in [1.165, 1.54) is 0 Å². The molecule has 0 atom stereocenters. The lowest BCUT2D eigenvalue weighted by molar-refractivity contribution is 1.18. The van der Waals surface area contributed by atoms with Gasteiger partial charge in [0, 0.05) is 38.6 Å². The maximum absolute atomic E-state index is 7.43. The van der Waals surface area contributed by atoms with Crippen molar-refractivity contribution in [1.82, 2.24) is 9.13 Å². The molecular weight excluding hydrogens is 752 g/mol. The van der Waals surface area contributed by atoms with Gasteiger partial charge in [0.1, 0.15) is 54.9 Å². The lowest BCUT2D eigenvalue weighted by atomic mass is 9.64. The van der Waals surface area contributed by atoms with Crippen molar-refractivity contribution in [2.45, 2.75) is 0 Å². The summed E-state index contributed by atoms with van der Waals surface area (Å²) >= 11 is 0. The second-order valence-corrected chi connectivity index (χ2v) is 16.0. The Morgan fingerprint density at radius 2 is 0.778 bits per heavy atom. The van der Waals surface area contributed by atoms with Crippen LogP contribution in [0.2, 0.25) is 0 Å².